The van der Waals surface area contributed by atoms with Gasteiger partial charge in [-0.1, -0.05) is 15.9 Å². The molecule has 2 N–H and O–H groups in total. The van der Waals surface area contributed by atoms with Crippen molar-refractivity contribution >= 4 is 27.7 Å². The zero-order valence-electron chi connectivity index (χ0n) is 16.5. The van der Waals surface area contributed by atoms with Crippen molar-refractivity contribution in [3.05, 3.63) is 58.5 Å². The minimum Gasteiger partial charge on any atom is -0.406 e. The van der Waals surface area contributed by atoms with Gasteiger partial charge >= 0.3 is 6.36 Å². The van der Waals surface area contributed by atoms with E-state index in [0.29, 0.717) is 0 Å². The second kappa shape index (κ2) is 9.30. The molecule has 0 unspecified atom stereocenters. The molecule has 1 aromatic carbocycles. The number of nitrogens with one attached hydrogen (secondary N) is 2. The van der Waals surface area contributed by atoms with Crippen LogP contribution in [0.5, 0.6) is 5.75 Å². The molecule has 0 saturated heterocycles. The Morgan fingerprint density at radius 2 is 1.84 bits per heavy atom. The van der Waals surface area contributed by atoms with Gasteiger partial charge in [-0.3, -0.25) is 9.59 Å². The molecule has 32 heavy (non-hydrogen) atoms. The molecule has 0 aliphatic carbocycles. The highest BCUT2D eigenvalue weighted by atomic mass is 79.9. The topological polar surface area (TPSA) is 124 Å². The molecule has 168 valence electrons. The quantitative estimate of drug-likeness (QED) is 0.518. The van der Waals surface area contributed by atoms with E-state index in [1.807, 2.05) is 0 Å². The number of rotatable bonds is 6. The predicted octanol–water partition coefficient (Wildman–Crippen LogP) is 2.57. The van der Waals surface area contributed by atoms with Crippen LogP contribution in [0.2, 0.25) is 0 Å². The normalized spacial score (nSPS) is 12.2. The summed E-state index contributed by atoms with van der Waals surface area (Å²) in [6.45, 7) is 1.60. The Kier molecular flexibility index (Phi) is 6.72. The molecule has 2 aromatic heterocycles. The number of hydrogen-bond acceptors (Lipinski definition) is 7. The fraction of sp³-hybridized carbons (Fsp3) is 0.222. The summed E-state index contributed by atoms with van der Waals surface area (Å²) in [5, 5.41) is 9.14. The fourth-order valence-electron chi connectivity index (χ4n) is 2.67. The summed E-state index contributed by atoms with van der Waals surface area (Å²) in [5.41, 5.74) is 0.0300. The van der Waals surface area contributed by atoms with Crippen LogP contribution in [0.3, 0.4) is 0 Å². The monoisotopic (exact) mass is 513 g/mol. The second-order valence-electron chi connectivity index (χ2n) is 6.29. The molecule has 2 heterocycles. The van der Waals surface area contributed by atoms with E-state index in [0.717, 1.165) is 12.1 Å². The first-order chi connectivity index (χ1) is 15.1. The lowest BCUT2D eigenvalue weighted by Gasteiger charge is -2.15. The van der Waals surface area contributed by atoms with Crippen LogP contribution in [0.25, 0.3) is 5.82 Å². The first kappa shape index (κ1) is 23.1. The summed E-state index contributed by atoms with van der Waals surface area (Å²) in [4.78, 5) is 36.5. The Labute approximate surface area is 187 Å². The SMILES string of the molecule is CNC(=O)c1cc(-n2ncnc2[C@H](C)NC(=O)c2cc(Br)cc(OC(F)(F)F)c2)ncn1. The van der Waals surface area contributed by atoms with E-state index >= 15 is 0 Å². The van der Waals surface area contributed by atoms with Crippen molar-refractivity contribution in [1.29, 1.82) is 0 Å². The van der Waals surface area contributed by atoms with Crippen LogP contribution in [0.4, 0.5) is 13.2 Å². The summed E-state index contributed by atoms with van der Waals surface area (Å²) in [5.74, 6) is -1.15. The lowest BCUT2D eigenvalue weighted by Crippen LogP contribution is -2.29. The van der Waals surface area contributed by atoms with Crippen LogP contribution < -0.4 is 15.4 Å². The summed E-state index contributed by atoms with van der Waals surface area (Å²) in [6, 6.07) is 4.06. The smallest absolute Gasteiger partial charge is 0.406 e. The molecule has 10 nitrogen and oxygen atoms in total. The molecule has 2 amide bonds. The van der Waals surface area contributed by atoms with Gasteiger partial charge in [0.2, 0.25) is 0 Å². The van der Waals surface area contributed by atoms with Gasteiger partial charge in [0.05, 0.1) is 6.04 Å². The molecule has 0 spiro atoms. The highest BCUT2D eigenvalue weighted by molar-refractivity contribution is 9.10. The molecule has 0 radical (unpaired) electrons. The van der Waals surface area contributed by atoms with Crippen LogP contribution in [0.15, 0.2) is 41.4 Å². The van der Waals surface area contributed by atoms with Gasteiger partial charge in [-0.15, -0.1) is 13.2 Å². The van der Waals surface area contributed by atoms with Crippen LogP contribution in [-0.4, -0.2) is 50.0 Å². The molecule has 3 rings (SSSR count). The van der Waals surface area contributed by atoms with Gasteiger partial charge in [-0.25, -0.2) is 15.0 Å². The standard InChI is InChI=1S/C18H15BrF3N7O3/c1-9(28-16(30)10-3-11(19)5-12(4-10)32-18(20,21)22)15-26-8-27-29(15)14-6-13(17(31)23-2)24-7-25-14/h3-9H,1-2H3,(H,23,31)(H,28,30)/t9-/m0/s1. The number of halogens is 4. The van der Waals surface area contributed by atoms with E-state index in [1.165, 1.54) is 36.5 Å². The van der Waals surface area contributed by atoms with Crippen LogP contribution in [0.1, 0.15) is 39.6 Å². The molecule has 1 atom stereocenters. The van der Waals surface area contributed by atoms with Gasteiger partial charge in [0.25, 0.3) is 11.8 Å². The number of aromatic nitrogens is 5. The van der Waals surface area contributed by atoms with Crippen molar-refractivity contribution in [1.82, 2.24) is 35.4 Å². The zero-order valence-corrected chi connectivity index (χ0v) is 18.1. The first-order valence-electron chi connectivity index (χ1n) is 8.89. The summed E-state index contributed by atoms with van der Waals surface area (Å²) in [6.07, 6.45) is -2.49. The molecule has 0 saturated carbocycles. The first-order valence-corrected chi connectivity index (χ1v) is 9.68. The van der Waals surface area contributed by atoms with Crippen molar-refractivity contribution < 1.29 is 27.5 Å². The van der Waals surface area contributed by atoms with Crippen molar-refractivity contribution in [2.75, 3.05) is 7.05 Å². The van der Waals surface area contributed by atoms with Gasteiger partial charge < -0.3 is 15.4 Å². The fourth-order valence-corrected chi connectivity index (χ4v) is 3.14. The van der Waals surface area contributed by atoms with Crippen molar-refractivity contribution in [3.8, 4) is 11.6 Å². The van der Waals surface area contributed by atoms with E-state index in [4.69, 9.17) is 0 Å². The number of alkyl halides is 3. The average Bonchev–Trinajstić information content (AvgIpc) is 3.21. The number of ether oxygens (including phenoxy) is 1. The van der Waals surface area contributed by atoms with Gasteiger partial charge in [-0.2, -0.15) is 9.78 Å². The Morgan fingerprint density at radius 1 is 1.09 bits per heavy atom. The minimum atomic E-state index is -4.90. The highest BCUT2D eigenvalue weighted by Crippen LogP contribution is 2.27. The maximum absolute atomic E-state index is 12.6. The van der Waals surface area contributed by atoms with Crippen molar-refractivity contribution in [2.24, 2.45) is 0 Å². The van der Waals surface area contributed by atoms with E-state index in [2.05, 4.69) is 51.4 Å². The lowest BCUT2D eigenvalue weighted by molar-refractivity contribution is -0.274. The predicted molar refractivity (Wildman–Crippen MR) is 107 cm³/mol. The molecule has 0 fully saturated rings. The largest absolute Gasteiger partial charge is 0.573 e. The van der Waals surface area contributed by atoms with Crippen LogP contribution in [-0.2, 0) is 0 Å². The third kappa shape index (κ3) is 5.57. The Hall–Kier alpha value is -3.55. The number of carbonyl (C=O) groups excluding carboxylic acids is 2. The summed E-state index contributed by atoms with van der Waals surface area (Å²) < 4.78 is 43.0. The average molecular weight is 514 g/mol. The van der Waals surface area contributed by atoms with E-state index in [9.17, 15) is 22.8 Å². The maximum Gasteiger partial charge on any atom is 0.573 e. The van der Waals surface area contributed by atoms with E-state index in [-0.39, 0.29) is 27.4 Å². The van der Waals surface area contributed by atoms with Gasteiger partial charge in [-0.05, 0) is 25.1 Å². The van der Waals surface area contributed by atoms with Crippen LogP contribution in [0, 0.1) is 0 Å². The maximum atomic E-state index is 12.6. The lowest BCUT2D eigenvalue weighted by atomic mass is 10.2. The zero-order chi connectivity index (χ0) is 23.5. The highest BCUT2D eigenvalue weighted by Gasteiger charge is 2.31. The molecule has 14 heteroatoms. The molecule has 0 bridgehead atoms. The van der Waals surface area contributed by atoms with Gasteiger partial charge in [0, 0.05) is 23.2 Å². The Bertz CT molecular complexity index is 1150. The second-order valence-corrected chi connectivity index (χ2v) is 7.20. The van der Waals surface area contributed by atoms with Gasteiger partial charge in [0.15, 0.2) is 11.6 Å². The number of carbonyl (C=O) groups is 2. The van der Waals surface area contributed by atoms with Crippen LogP contribution >= 0.6 is 15.9 Å². The number of amides is 2. The minimum absolute atomic E-state index is 0.0690. The number of benzene rings is 1. The van der Waals surface area contributed by atoms with Crippen molar-refractivity contribution in [2.45, 2.75) is 19.3 Å². The molecular formula is C18H15BrF3N7O3. The third-order valence-electron chi connectivity index (χ3n) is 4.01. The molecular weight excluding hydrogens is 499 g/mol. The van der Waals surface area contributed by atoms with E-state index in [1.54, 1.807) is 6.92 Å². The van der Waals surface area contributed by atoms with Crippen molar-refractivity contribution in [3.63, 3.8) is 0 Å². The number of nitrogens with zero attached hydrogens (tertiary/aromatic N) is 5. The Morgan fingerprint density at radius 3 is 2.53 bits per heavy atom. The molecule has 3 aromatic rings. The van der Waals surface area contributed by atoms with Gasteiger partial charge in [0.1, 0.15) is 24.1 Å². The summed E-state index contributed by atoms with van der Waals surface area (Å²) in [7, 11) is 1.45. The number of hydrogen-bond donors (Lipinski definition) is 2. The molecule has 0 aliphatic heterocycles. The van der Waals surface area contributed by atoms with E-state index < -0.39 is 30.0 Å². The third-order valence-corrected chi connectivity index (χ3v) is 4.46. The summed E-state index contributed by atoms with van der Waals surface area (Å²) >= 11 is 3.06. The molecule has 0 aliphatic rings. The Balaban J connectivity index is 1.83.